The Morgan fingerprint density at radius 3 is 2.90 bits per heavy atom. The van der Waals surface area contributed by atoms with E-state index in [1.165, 1.54) is 4.88 Å². The fraction of sp³-hybridized carbons (Fsp3) is 0.200. The van der Waals surface area contributed by atoms with Gasteiger partial charge in [-0.05, 0) is 52.8 Å². The number of nitrogens with one attached hydrogen (secondary N) is 1. The molecule has 0 spiro atoms. The molecule has 2 aromatic heterocycles. The Balaban J connectivity index is 2.04. The zero-order chi connectivity index (χ0) is 14.1. The fourth-order valence-corrected chi connectivity index (χ4v) is 3.91. The van der Waals surface area contributed by atoms with Gasteiger partial charge in [-0.2, -0.15) is 0 Å². The summed E-state index contributed by atoms with van der Waals surface area (Å²) in [7, 11) is 0. The molecule has 0 fully saturated rings. The van der Waals surface area contributed by atoms with Gasteiger partial charge in [0.1, 0.15) is 17.4 Å². The van der Waals surface area contributed by atoms with Crippen LogP contribution in [0.3, 0.4) is 0 Å². The lowest BCUT2D eigenvalue weighted by atomic mass is 10.1. The van der Waals surface area contributed by atoms with Crippen LogP contribution >= 0.6 is 38.9 Å². The Hall–Kier alpha value is -0.810. The molecule has 0 saturated heterocycles. The highest BCUT2D eigenvalue weighted by Crippen LogP contribution is 2.33. The molecule has 1 aromatic carbocycles. The molecule has 0 amide bonds. The van der Waals surface area contributed by atoms with Gasteiger partial charge in [-0.3, -0.25) is 0 Å². The van der Waals surface area contributed by atoms with E-state index in [-0.39, 0.29) is 6.04 Å². The lowest BCUT2D eigenvalue weighted by molar-refractivity contribution is 0.481. The van der Waals surface area contributed by atoms with E-state index in [0.29, 0.717) is 0 Å². The maximum absolute atomic E-state index is 6.03. The molecule has 20 heavy (non-hydrogen) atoms. The Bertz CT molecular complexity index is 736. The number of thiophene rings is 1. The number of rotatable bonds is 4. The molecule has 0 saturated carbocycles. The molecule has 2 nitrogen and oxygen atoms in total. The Kier molecular flexibility index (Phi) is 4.17. The number of fused-ring (bicyclic) bond motifs is 1. The molecular formula is C15H13BrClNOS. The van der Waals surface area contributed by atoms with Crippen molar-refractivity contribution in [2.45, 2.75) is 13.0 Å². The molecule has 1 N–H and O–H groups in total. The first-order valence-corrected chi connectivity index (χ1v) is 8.38. The van der Waals surface area contributed by atoms with E-state index in [4.69, 9.17) is 16.0 Å². The van der Waals surface area contributed by atoms with Crippen molar-refractivity contribution in [3.8, 4) is 0 Å². The van der Waals surface area contributed by atoms with Crippen LogP contribution in [0.1, 0.15) is 23.6 Å². The summed E-state index contributed by atoms with van der Waals surface area (Å²) in [5.41, 5.74) is 0.864. The van der Waals surface area contributed by atoms with Crippen molar-refractivity contribution < 1.29 is 4.42 Å². The first-order chi connectivity index (χ1) is 9.67. The molecule has 3 aromatic rings. The minimum atomic E-state index is 0.0717. The molecular weight excluding hydrogens is 358 g/mol. The highest BCUT2D eigenvalue weighted by Gasteiger charge is 2.19. The van der Waals surface area contributed by atoms with Crippen molar-refractivity contribution in [3.63, 3.8) is 0 Å². The number of furan rings is 1. The van der Waals surface area contributed by atoms with Gasteiger partial charge in [0, 0.05) is 25.1 Å². The summed E-state index contributed by atoms with van der Waals surface area (Å²) in [6, 6.07) is 9.94. The van der Waals surface area contributed by atoms with Crippen LogP contribution in [0.15, 0.2) is 44.6 Å². The van der Waals surface area contributed by atoms with Crippen molar-refractivity contribution in [1.82, 2.24) is 5.32 Å². The zero-order valence-corrected chi connectivity index (χ0v) is 14.0. The quantitative estimate of drug-likeness (QED) is 0.646. The van der Waals surface area contributed by atoms with E-state index in [0.717, 1.165) is 32.8 Å². The van der Waals surface area contributed by atoms with Gasteiger partial charge in [-0.15, -0.1) is 11.3 Å². The molecule has 104 valence electrons. The first-order valence-electron chi connectivity index (χ1n) is 6.33. The van der Waals surface area contributed by atoms with Gasteiger partial charge >= 0.3 is 0 Å². The summed E-state index contributed by atoms with van der Waals surface area (Å²) in [4.78, 5) is 1.23. The maximum atomic E-state index is 6.03. The molecule has 1 unspecified atom stereocenters. The second kappa shape index (κ2) is 5.90. The zero-order valence-electron chi connectivity index (χ0n) is 10.8. The van der Waals surface area contributed by atoms with Crippen LogP contribution in [0.5, 0.6) is 0 Å². The molecule has 5 heteroatoms. The normalized spacial score (nSPS) is 12.9. The monoisotopic (exact) mass is 369 g/mol. The summed E-state index contributed by atoms with van der Waals surface area (Å²) in [6.45, 7) is 2.97. The Morgan fingerprint density at radius 2 is 2.20 bits per heavy atom. The van der Waals surface area contributed by atoms with Gasteiger partial charge in [0.05, 0.1) is 0 Å². The van der Waals surface area contributed by atoms with Crippen molar-refractivity contribution >= 4 is 49.8 Å². The van der Waals surface area contributed by atoms with Gasteiger partial charge in [-0.1, -0.05) is 18.5 Å². The van der Waals surface area contributed by atoms with Crippen LogP contribution in [0, 0.1) is 0 Å². The Labute approximate surface area is 134 Å². The molecule has 0 aliphatic rings. The lowest BCUT2D eigenvalue weighted by Crippen LogP contribution is -2.20. The summed E-state index contributed by atoms with van der Waals surface area (Å²) < 4.78 is 7.07. The predicted molar refractivity (Wildman–Crippen MR) is 88.8 cm³/mol. The average molecular weight is 371 g/mol. The molecule has 0 radical (unpaired) electrons. The van der Waals surface area contributed by atoms with Crippen molar-refractivity contribution in [1.29, 1.82) is 0 Å². The fourth-order valence-electron chi connectivity index (χ4n) is 2.20. The van der Waals surface area contributed by atoms with Gasteiger partial charge in [0.25, 0.3) is 0 Å². The van der Waals surface area contributed by atoms with Crippen LogP contribution in [-0.4, -0.2) is 6.54 Å². The smallest absolute Gasteiger partial charge is 0.134 e. The number of hydrogen-bond donors (Lipinski definition) is 1. The minimum Gasteiger partial charge on any atom is -0.459 e. The van der Waals surface area contributed by atoms with E-state index in [1.54, 1.807) is 11.3 Å². The summed E-state index contributed by atoms with van der Waals surface area (Å²) in [5, 5.41) is 7.31. The highest BCUT2D eigenvalue weighted by molar-refractivity contribution is 9.10. The third kappa shape index (κ3) is 2.79. The van der Waals surface area contributed by atoms with Crippen LogP contribution in [0.25, 0.3) is 11.0 Å². The molecule has 1 atom stereocenters. The maximum Gasteiger partial charge on any atom is 0.134 e. The minimum absolute atomic E-state index is 0.0717. The van der Waals surface area contributed by atoms with Gasteiger partial charge in [0.2, 0.25) is 0 Å². The van der Waals surface area contributed by atoms with E-state index >= 15 is 0 Å². The van der Waals surface area contributed by atoms with Crippen molar-refractivity contribution in [2.75, 3.05) is 6.54 Å². The highest BCUT2D eigenvalue weighted by atomic mass is 79.9. The predicted octanol–water partition coefficient (Wildman–Crippen LogP) is 5.61. The van der Waals surface area contributed by atoms with Crippen LogP contribution in [-0.2, 0) is 0 Å². The van der Waals surface area contributed by atoms with E-state index in [9.17, 15) is 0 Å². The molecule has 0 aliphatic heterocycles. The van der Waals surface area contributed by atoms with Gasteiger partial charge in [-0.25, -0.2) is 0 Å². The van der Waals surface area contributed by atoms with E-state index in [2.05, 4.69) is 45.7 Å². The standard InChI is InChI=1S/C15H13BrClNOS/c1-2-18-15(14-7-10(16)8-20-14)13-6-9-5-11(17)3-4-12(9)19-13/h3-8,15,18H,2H2,1H3. The molecule has 0 bridgehead atoms. The number of hydrogen-bond acceptors (Lipinski definition) is 3. The summed E-state index contributed by atoms with van der Waals surface area (Å²) in [5.74, 6) is 0.915. The second-order valence-corrected chi connectivity index (χ2v) is 6.78. The van der Waals surface area contributed by atoms with E-state index in [1.807, 2.05) is 18.2 Å². The van der Waals surface area contributed by atoms with Gasteiger partial charge < -0.3 is 9.73 Å². The Morgan fingerprint density at radius 1 is 1.35 bits per heavy atom. The average Bonchev–Trinajstić information content (AvgIpc) is 3.01. The van der Waals surface area contributed by atoms with Crippen molar-refractivity contribution in [3.05, 3.63) is 55.8 Å². The van der Waals surface area contributed by atoms with Crippen LogP contribution in [0.2, 0.25) is 5.02 Å². The molecule has 2 heterocycles. The SMILES string of the molecule is CCNC(c1cc2cc(Cl)ccc2o1)c1cc(Br)cs1. The van der Waals surface area contributed by atoms with E-state index < -0.39 is 0 Å². The summed E-state index contributed by atoms with van der Waals surface area (Å²) in [6.07, 6.45) is 0. The lowest BCUT2D eigenvalue weighted by Gasteiger charge is -2.13. The first kappa shape index (κ1) is 14.1. The second-order valence-electron chi connectivity index (χ2n) is 4.49. The third-order valence-corrected chi connectivity index (χ3v) is 5.06. The summed E-state index contributed by atoms with van der Waals surface area (Å²) >= 11 is 11.2. The van der Waals surface area contributed by atoms with Crippen LogP contribution in [0.4, 0.5) is 0 Å². The molecule has 3 rings (SSSR count). The van der Waals surface area contributed by atoms with Gasteiger partial charge in [0.15, 0.2) is 0 Å². The molecule has 0 aliphatic carbocycles. The largest absolute Gasteiger partial charge is 0.459 e. The van der Waals surface area contributed by atoms with Crippen LogP contribution < -0.4 is 5.32 Å². The topological polar surface area (TPSA) is 25.2 Å². The number of benzene rings is 1. The third-order valence-electron chi connectivity index (χ3n) is 3.06. The van der Waals surface area contributed by atoms with Crippen molar-refractivity contribution in [2.24, 2.45) is 0 Å². The number of halogens is 2.